The zero-order valence-electron chi connectivity index (χ0n) is 11.7. The Bertz CT molecular complexity index is 761. The summed E-state index contributed by atoms with van der Waals surface area (Å²) in [6, 6.07) is 16.9. The highest BCUT2D eigenvalue weighted by molar-refractivity contribution is 6.28. The summed E-state index contributed by atoms with van der Waals surface area (Å²) in [6.45, 7) is 0. The quantitative estimate of drug-likeness (QED) is 0.834. The molecule has 108 valence electrons. The van der Waals surface area contributed by atoms with E-state index in [0.29, 0.717) is 16.8 Å². The molecule has 4 nitrogen and oxygen atoms in total. The third kappa shape index (κ3) is 1.89. The van der Waals surface area contributed by atoms with Gasteiger partial charge in [0.1, 0.15) is 5.92 Å². The second-order valence-electron chi connectivity index (χ2n) is 5.49. The van der Waals surface area contributed by atoms with E-state index in [-0.39, 0.29) is 17.6 Å². The predicted octanol–water partition coefficient (Wildman–Crippen LogP) is 2.41. The minimum Gasteiger partial charge on any atom is -0.324 e. The molecular formula is C18H14N2O2. The molecule has 2 N–H and O–H groups in total. The lowest BCUT2D eigenvalue weighted by atomic mass is 9.98. The molecule has 0 radical (unpaired) electrons. The molecule has 2 aliphatic rings. The number of fused-ring (bicyclic) bond motifs is 1. The first-order chi connectivity index (χ1) is 10.8. The van der Waals surface area contributed by atoms with Crippen molar-refractivity contribution < 1.29 is 9.59 Å². The van der Waals surface area contributed by atoms with Crippen molar-refractivity contribution in [1.29, 1.82) is 0 Å². The number of hydrazine groups is 1. The second-order valence-corrected chi connectivity index (χ2v) is 5.49. The summed E-state index contributed by atoms with van der Waals surface area (Å²) in [5.74, 6) is -1.01. The molecule has 1 aliphatic carbocycles. The Labute approximate surface area is 127 Å². The Kier molecular flexibility index (Phi) is 2.91. The molecule has 1 heterocycles. The summed E-state index contributed by atoms with van der Waals surface area (Å²) in [4.78, 5) is 25.0. The predicted molar refractivity (Wildman–Crippen MR) is 82.1 cm³/mol. The van der Waals surface area contributed by atoms with Crippen LogP contribution in [0.3, 0.4) is 0 Å². The summed E-state index contributed by atoms with van der Waals surface area (Å²) in [5.41, 5.74) is 8.89. The molecule has 4 heteroatoms. The van der Waals surface area contributed by atoms with Crippen molar-refractivity contribution >= 4 is 11.6 Å². The van der Waals surface area contributed by atoms with E-state index in [1.54, 1.807) is 24.3 Å². The van der Waals surface area contributed by atoms with Crippen LogP contribution in [0.25, 0.3) is 0 Å². The van der Waals surface area contributed by atoms with Gasteiger partial charge in [-0.1, -0.05) is 54.6 Å². The third-order valence-electron chi connectivity index (χ3n) is 4.17. The van der Waals surface area contributed by atoms with Gasteiger partial charge in [-0.05, 0) is 11.6 Å². The van der Waals surface area contributed by atoms with Crippen molar-refractivity contribution in [2.45, 2.75) is 6.04 Å². The van der Waals surface area contributed by atoms with Crippen LogP contribution in [0.15, 0.2) is 66.4 Å². The number of rotatable bonds is 2. The molecule has 0 spiro atoms. The number of Topliss-reactive ketones (excluding diaryl/α,β-unsaturated/α-hetero) is 2. The number of hydrogen-bond donors (Lipinski definition) is 2. The largest absolute Gasteiger partial charge is 0.324 e. The van der Waals surface area contributed by atoms with E-state index in [1.165, 1.54) is 0 Å². The molecule has 0 bridgehead atoms. The fraction of sp³-hybridized carbons (Fsp3) is 0.111. The molecule has 2 aromatic rings. The van der Waals surface area contributed by atoms with Crippen molar-refractivity contribution in [3.63, 3.8) is 0 Å². The maximum Gasteiger partial charge on any atom is 0.180 e. The first-order valence-corrected chi connectivity index (χ1v) is 7.21. The standard InChI is InChI=1S/C18H14N2O2/c21-17-12-8-4-5-9-13(12)18(22)16(17)15-10-14(19-20-15)11-6-2-1-3-7-11/h1-10,14,16,19-20H. The van der Waals surface area contributed by atoms with Crippen molar-refractivity contribution in [3.8, 4) is 0 Å². The van der Waals surface area contributed by atoms with E-state index >= 15 is 0 Å². The molecule has 1 aliphatic heterocycles. The summed E-state index contributed by atoms with van der Waals surface area (Å²) in [5, 5.41) is 0. The minimum atomic E-state index is -0.751. The highest BCUT2D eigenvalue weighted by atomic mass is 16.2. The van der Waals surface area contributed by atoms with Crippen molar-refractivity contribution in [2.24, 2.45) is 5.92 Å². The van der Waals surface area contributed by atoms with Crippen molar-refractivity contribution in [3.05, 3.63) is 83.1 Å². The number of carbonyl (C=O) groups excluding carboxylic acids is 2. The van der Waals surface area contributed by atoms with E-state index in [4.69, 9.17) is 0 Å². The molecule has 0 fully saturated rings. The number of allylic oxidation sites excluding steroid dienone is 1. The molecule has 0 aromatic heterocycles. The smallest absolute Gasteiger partial charge is 0.180 e. The monoisotopic (exact) mass is 290 g/mol. The van der Waals surface area contributed by atoms with Crippen LogP contribution in [0.1, 0.15) is 32.3 Å². The van der Waals surface area contributed by atoms with Gasteiger partial charge in [-0.3, -0.25) is 9.59 Å². The Morgan fingerprint density at radius 2 is 1.36 bits per heavy atom. The van der Waals surface area contributed by atoms with E-state index in [2.05, 4.69) is 10.9 Å². The lowest BCUT2D eigenvalue weighted by Gasteiger charge is -2.10. The maximum absolute atomic E-state index is 12.5. The van der Waals surface area contributed by atoms with Crippen LogP contribution < -0.4 is 10.9 Å². The average molecular weight is 290 g/mol. The number of ketones is 2. The minimum absolute atomic E-state index is 0.0412. The Morgan fingerprint density at radius 1 is 0.773 bits per heavy atom. The van der Waals surface area contributed by atoms with Crippen LogP contribution >= 0.6 is 0 Å². The molecule has 0 amide bonds. The summed E-state index contributed by atoms with van der Waals surface area (Å²) < 4.78 is 0. The van der Waals surface area contributed by atoms with Gasteiger partial charge in [-0.15, -0.1) is 0 Å². The molecule has 1 atom stereocenters. The zero-order valence-corrected chi connectivity index (χ0v) is 11.7. The first kappa shape index (κ1) is 13.0. The van der Waals surface area contributed by atoms with Crippen LogP contribution in [-0.2, 0) is 0 Å². The SMILES string of the molecule is O=C1c2ccccc2C(=O)C1C1=CC(c2ccccc2)NN1. The Morgan fingerprint density at radius 3 is 2.00 bits per heavy atom. The Balaban J connectivity index is 1.67. The number of carbonyl (C=O) groups is 2. The van der Waals surface area contributed by atoms with Gasteiger partial charge < -0.3 is 5.43 Å². The molecule has 0 saturated carbocycles. The third-order valence-corrected chi connectivity index (χ3v) is 4.17. The lowest BCUT2D eigenvalue weighted by molar-refractivity contribution is 0.0859. The van der Waals surface area contributed by atoms with E-state index in [0.717, 1.165) is 5.56 Å². The van der Waals surface area contributed by atoms with Crippen molar-refractivity contribution in [1.82, 2.24) is 10.9 Å². The van der Waals surface area contributed by atoms with Crippen LogP contribution in [0.4, 0.5) is 0 Å². The number of hydrogen-bond acceptors (Lipinski definition) is 4. The summed E-state index contributed by atoms with van der Waals surface area (Å²) >= 11 is 0. The topological polar surface area (TPSA) is 58.2 Å². The van der Waals surface area contributed by atoms with E-state index < -0.39 is 5.92 Å². The highest BCUT2D eigenvalue weighted by Crippen LogP contribution is 2.33. The van der Waals surface area contributed by atoms with Gasteiger partial charge in [0, 0.05) is 16.8 Å². The first-order valence-electron chi connectivity index (χ1n) is 7.21. The molecule has 4 rings (SSSR count). The molecule has 2 aromatic carbocycles. The van der Waals surface area contributed by atoms with Crippen LogP contribution in [0.2, 0.25) is 0 Å². The average Bonchev–Trinajstić information content (AvgIpc) is 3.13. The van der Waals surface area contributed by atoms with E-state index in [9.17, 15) is 9.59 Å². The summed E-state index contributed by atoms with van der Waals surface area (Å²) in [6.07, 6.45) is 1.92. The lowest BCUT2D eigenvalue weighted by Crippen LogP contribution is -2.32. The van der Waals surface area contributed by atoms with Crippen LogP contribution in [0.5, 0.6) is 0 Å². The normalized spacial score (nSPS) is 20.7. The second kappa shape index (κ2) is 4.93. The van der Waals surface area contributed by atoms with Crippen molar-refractivity contribution in [2.75, 3.05) is 0 Å². The molecule has 1 unspecified atom stereocenters. The molecular weight excluding hydrogens is 276 g/mol. The van der Waals surface area contributed by atoms with Gasteiger partial charge in [0.25, 0.3) is 0 Å². The van der Waals surface area contributed by atoms with Gasteiger partial charge in [-0.25, -0.2) is 5.43 Å². The highest BCUT2D eigenvalue weighted by Gasteiger charge is 2.42. The van der Waals surface area contributed by atoms with E-state index in [1.807, 2.05) is 36.4 Å². The molecule has 0 saturated heterocycles. The van der Waals surface area contributed by atoms with Gasteiger partial charge >= 0.3 is 0 Å². The van der Waals surface area contributed by atoms with Crippen LogP contribution in [0, 0.1) is 5.92 Å². The van der Waals surface area contributed by atoms with Gasteiger partial charge in [0.2, 0.25) is 0 Å². The summed E-state index contributed by atoms with van der Waals surface area (Å²) in [7, 11) is 0. The fourth-order valence-electron chi connectivity index (χ4n) is 3.06. The number of nitrogens with one attached hydrogen (secondary N) is 2. The van der Waals surface area contributed by atoms with Gasteiger partial charge in [0.15, 0.2) is 11.6 Å². The Hall–Kier alpha value is -2.72. The van der Waals surface area contributed by atoms with Crippen LogP contribution in [-0.4, -0.2) is 11.6 Å². The number of benzene rings is 2. The fourth-order valence-corrected chi connectivity index (χ4v) is 3.06. The zero-order chi connectivity index (χ0) is 15.1. The maximum atomic E-state index is 12.5. The van der Waals surface area contributed by atoms with Gasteiger partial charge in [-0.2, -0.15) is 0 Å². The molecule has 22 heavy (non-hydrogen) atoms. The van der Waals surface area contributed by atoms with Gasteiger partial charge in [0.05, 0.1) is 6.04 Å².